The van der Waals surface area contributed by atoms with Gasteiger partial charge in [-0.25, -0.2) is 0 Å². The number of amides is 1. The quantitative estimate of drug-likeness (QED) is 0.758. The molecular weight excluding hydrogens is 274 g/mol. The first-order chi connectivity index (χ1) is 10.5. The second kappa shape index (κ2) is 7.09. The van der Waals surface area contributed by atoms with E-state index in [1.165, 1.54) is 0 Å². The van der Waals surface area contributed by atoms with Gasteiger partial charge in [0.1, 0.15) is 0 Å². The molecule has 0 aliphatic rings. The van der Waals surface area contributed by atoms with E-state index in [2.05, 4.69) is 10.6 Å². The van der Waals surface area contributed by atoms with E-state index in [1.807, 2.05) is 61.5 Å². The Kier molecular flexibility index (Phi) is 5.17. The molecule has 0 aliphatic heterocycles. The first kappa shape index (κ1) is 16.0. The second-order valence-electron chi connectivity index (χ2n) is 5.69. The summed E-state index contributed by atoms with van der Waals surface area (Å²) in [4.78, 5) is 12.1. The monoisotopic (exact) mass is 297 g/mol. The molecule has 0 aliphatic carbocycles. The number of carbonyl (C=O) groups is 1. The Morgan fingerprint density at radius 2 is 1.55 bits per heavy atom. The van der Waals surface area contributed by atoms with Crippen molar-refractivity contribution >= 4 is 23.0 Å². The van der Waals surface area contributed by atoms with Gasteiger partial charge in [-0.15, -0.1) is 0 Å². The van der Waals surface area contributed by atoms with Gasteiger partial charge in [-0.3, -0.25) is 4.79 Å². The Morgan fingerprint density at radius 3 is 2.14 bits per heavy atom. The van der Waals surface area contributed by atoms with Crippen molar-refractivity contribution < 1.29 is 4.79 Å². The van der Waals surface area contributed by atoms with E-state index in [-0.39, 0.29) is 5.91 Å². The van der Waals surface area contributed by atoms with E-state index < -0.39 is 5.54 Å². The molecule has 1 amide bonds. The zero-order valence-corrected chi connectivity index (χ0v) is 13.1. The average Bonchev–Trinajstić information content (AvgIpc) is 2.50. The Balaban J connectivity index is 1.99. The van der Waals surface area contributed by atoms with Crippen molar-refractivity contribution in [3.63, 3.8) is 0 Å². The summed E-state index contributed by atoms with van der Waals surface area (Å²) in [6.07, 6.45) is 1.53. The molecule has 0 saturated heterocycles. The van der Waals surface area contributed by atoms with Crippen LogP contribution in [0.1, 0.15) is 26.7 Å². The van der Waals surface area contributed by atoms with Gasteiger partial charge in [-0.1, -0.05) is 31.5 Å². The fourth-order valence-electron chi connectivity index (χ4n) is 2.23. The molecule has 1 atom stereocenters. The molecule has 4 N–H and O–H groups in total. The molecule has 116 valence electrons. The summed E-state index contributed by atoms with van der Waals surface area (Å²) in [7, 11) is 0. The number of anilines is 3. The van der Waals surface area contributed by atoms with E-state index in [0.29, 0.717) is 6.42 Å². The van der Waals surface area contributed by atoms with Crippen molar-refractivity contribution in [2.75, 3.05) is 10.6 Å². The molecule has 0 aromatic heterocycles. The molecular formula is C18H23N3O. The van der Waals surface area contributed by atoms with Gasteiger partial charge in [0.2, 0.25) is 5.91 Å². The van der Waals surface area contributed by atoms with Crippen molar-refractivity contribution in [2.45, 2.75) is 32.2 Å². The molecule has 0 heterocycles. The van der Waals surface area contributed by atoms with Crippen LogP contribution in [0.4, 0.5) is 17.1 Å². The lowest BCUT2D eigenvalue weighted by molar-refractivity contribution is -0.120. The van der Waals surface area contributed by atoms with Crippen LogP contribution in [0.5, 0.6) is 0 Å². The fourth-order valence-corrected chi connectivity index (χ4v) is 2.23. The number of hydrogen-bond acceptors (Lipinski definition) is 3. The van der Waals surface area contributed by atoms with Gasteiger partial charge in [0.15, 0.2) is 0 Å². The van der Waals surface area contributed by atoms with Crippen molar-refractivity contribution in [2.24, 2.45) is 5.73 Å². The van der Waals surface area contributed by atoms with Crippen LogP contribution in [0.2, 0.25) is 0 Å². The number of benzene rings is 2. The molecule has 4 nitrogen and oxygen atoms in total. The van der Waals surface area contributed by atoms with Crippen LogP contribution in [0.15, 0.2) is 54.6 Å². The zero-order valence-electron chi connectivity index (χ0n) is 13.1. The van der Waals surface area contributed by atoms with Crippen molar-refractivity contribution in [1.29, 1.82) is 0 Å². The van der Waals surface area contributed by atoms with Crippen LogP contribution in [0.3, 0.4) is 0 Å². The van der Waals surface area contributed by atoms with Gasteiger partial charge in [0, 0.05) is 17.1 Å². The second-order valence-corrected chi connectivity index (χ2v) is 5.69. The third kappa shape index (κ3) is 4.33. The Labute approximate surface area is 131 Å². The molecule has 0 spiro atoms. The standard InChI is InChI=1S/C18H23N3O/c1-3-13-18(2,19)17(22)21-16-11-9-15(10-12-16)20-14-7-5-4-6-8-14/h4-12,20H,3,13,19H2,1-2H3,(H,21,22). The Morgan fingerprint density at radius 1 is 1.00 bits per heavy atom. The minimum Gasteiger partial charge on any atom is -0.356 e. The number of nitrogens with one attached hydrogen (secondary N) is 2. The summed E-state index contributed by atoms with van der Waals surface area (Å²) in [6.45, 7) is 3.78. The van der Waals surface area contributed by atoms with Crippen LogP contribution in [-0.2, 0) is 4.79 Å². The lowest BCUT2D eigenvalue weighted by Gasteiger charge is -2.22. The Bertz CT molecular complexity index is 606. The lowest BCUT2D eigenvalue weighted by Crippen LogP contribution is -2.48. The molecule has 22 heavy (non-hydrogen) atoms. The smallest absolute Gasteiger partial charge is 0.244 e. The lowest BCUT2D eigenvalue weighted by atomic mass is 9.96. The van der Waals surface area contributed by atoms with E-state index in [1.54, 1.807) is 6.92 Å². The summed E-state index contributed by atoms with van der Waals surface area (Å²) in [5.41, 5.74) is 7.93. The largest absolute Gasteiger partial charge is 0.356 e. The predicted molar refractivity (Wildman–Crippen MR) is 92.3 cm³/mol. The minimum absolute atomic E-state index is 0.155. The maximum Gasteiger partial charge on any atom is 0.244 e. The Hall–Kier alpha value is -2.33. The summed E-state index contributed by atoms with van der Waals surface area (Å²) < 4.78 is 0. The average molecular weight is 297 g/mol. The molecule has 2 aromatic carbocycles. The van der Waals surface area contributed by atoms with Crippen LogP contribution < -0.4 is 16.4 Å². The highest BCUT2D eigenvalue weighted by Crippen LogP contribution is 2.19. The molecule has 4 heteroatoms. The fraction of sp³-hybridized carbons (Fsp3) is 0.278. The predicted octanol–water partition coefficient (Wildman–Crippen LogP) is 3.89. The topological polar surface area (TPSA) is 67.2 Å². The zero-order chi connectivity index (χ0) is 16.0. The summed E-state index contributed by atoms with van der Waals surface area (Å²) in [6, 6.07) is 17.5. The molecule has 0 bridgehead atoms. The maximum absolute atomic E-state index is 12.1. The first-order valence-corrected chi connectivity index (χ1v) is 7.54. The van der Waals surface area contributed by atoms with Gasteiger partial charge in [-0.2, -0.15) is 0 Å². The minimum atomic E-state index is -0.838. The molecule has 0 fully saturated rings. The maximum atomic E-state index is 12.1. The van der Waals surface area contributed by atoms with Gasteiger partial charge >= 0.3 is 0 Å². The van der Waals surface area contributed by atoms with E-state index in [0.717, 1.165) is 23.5 Å². The summed E-state index contributed by atoms with van der Waals surface area (Å²) >= 11 is 0. The van der Waals surface area contributed by atoms with Crippen LogP contribution in [0.25, 0.3) is 0 Å². The third-order valence-electron chi connectivity index (χ3n) is 3.49. The molecule has 0 saturated carbocycles. The van der Waals surface area contributed by atoms with Crippen molar-refractivity contribution in [3.05, 3.63) is 54.6 Å². The number of rotatable bonds is 6. The van der Waals surface area contributed by atoms with Gasteiger partial charge < -0.3 is 16.4 Å². The normalized spacial score (nSPS) is 13.2. The number of para-hydroxylation sites is 1. The van der Waals surface area contributed by atoms with Crippen molar-refractivity contribution in [3.8, 4) is 0 Å². The highest BCUT2D eigenvalue weighted by Gasteiger charge is 2.26. The number of nitrogens with two attached hydrogens (primary N) is 1. The van der Waals surface area contributed by atoms with Crippen LogP contribution in [-0.4, -0.2) is 11.4 Å². The summed E-state index contributed by atoms with van der Waals surface area (Å²) in [5.74, 6) is -0.155. The molecule has 1 unspecified atom stereocenters. The number of hydrogen-bond donors (Lipinski definition) is 3. The molecule has 0 radical (unpaired) electrons. The summed E-state index contributed by atoms with van der Waals surface area (Å²) in [5, 5.41) is 6.16. The highest BCUT2D eigenvalue weighted by molar-refractivity contribution is 5.97. The first-order valence-electron chi connectivity index (χ1n) is 7.54. The number of carbonyl (C=O) groups excluding carboxylic acids is 1. The molecule has 2 aromatic rings. The van der Waals surface area contributed by atoms with E-state index in [9.17, 15) is 4.79 Å². The highest BCUT2D eigenvalue weighted by atomic mass is 16.2. The SMILES string of the molecule is CCCC(C)(N)C(=O)Nc1ccc(Nc2ccccc2)cc1. The van der Waals surface area contributed by atoms with Gasteiger partial charge in [-0.05, 0) is 49.7 Å². The van der Waals surface area contributed by atoms with Crippen LogP contribution >= 0.6 is 0 Å². The van der Waals surface area contributed by atoms with Gasteiger partial charge in [0.05, 0.1) is 5.54 Å². The van der Waals surface area contributed by atoms with Crippen molar-refractivity contribution in [1.82, 2.24) is 0 Å². The van der Waals surface area contributed by atoms with Gasteiger partial charge in [0.25, 0.3) is 0 Å². The third-order valence-corrected chi connectivity index (χ3v) is 3.49. The van der Waals surface area contributed by atoms with Crippen LogP contribution in [0, 0.1) is 0 Å². The van der Waals surface area contributed by atoms with E-state index in [4.69, 9.17) is 5.73 Å². The molecule has 2 rings (SSSR count). The van der Waals surface area contributed by atoms with E-state index >= 15 is 0 Å².